The van der Waals surface area contributed by atoms with Gasteiger partial charge in [-0.1, -0.05) is 6.07 Å². The highest BCUT2D eigenvalue weighted by Gasteiger charge is 2.41. The SMILES string of the molecule is CC1(c2ccccn2)CN=C(N)N1CC1CCCO1. The summed E-state index contributed by atoms with van der Waals surface area (Å²) in [5.74, 6) is 0.601. The summed E-state index contributed by atoms with van der Waals surface area (Å²) in [4.78, 5) is 11.0. The fourth-order valence-corrected chi connectivity index (χ4v) is 2.85. The van der Waals surface area contributed by atoms with E-state index in [0.717, 1.165) is 31.7 Å². The standard InChI is InChI=1S/C14H20N4O/c1-14(12-6-2-3-7-16-12)10-17-13(15)18(14)9-11-5-4-8-19-11/h2-3,6-7,11H,4-5,8-10H2,1H3,(H2,15,17). The molecule has 0 amide bonds. The number of pyridine rings is 1. The molecular formula is C14H20N4O. The van der Waals surface area contributed by atoms with Gasteiger partial charge in [-0.3, -0.25) is 9.98 Å². The third-order valence-electron chi connectivity index (χ3n) is 4.05. The number of guanidine groups is 1. The minimum Gasteiger partial charge on any atom is -0.376 e. The highest BCUT2D eigenvalue weighted by atomic mass is 16.5. The molecule has 3 rings (SSSR count). The van der Waals surface area contributed by atoms with Gasteiger partial charge < -0.3 is 15.4 Å². The molecule has 2 atom stereocenters. The van der Waals surface area contributed by atoms with Crippen LogP contribution in [0.1, 0.15) is 25.5 Å². The maximum atomic E-state index is 6.06. The van der Waals surface area contributed by atoms with Crippen molar-refractivity contribution in [2.24, 2.45) is 10.7 Å². The second-order valence-corrected chi connectivity index (χ2v) is 5.41. The minimum atomic E-state index is -0.253. The van der Waals surface area contributed by atoms with Gasteiger partial charge in [-0.25, -0.2) is 0 Å². The van der Waals surface area contributed by atoms with Crippen LogP contribution in [0.5, 0.6) is 0 Å². The molecular weight excluding hydrogens is 240 g/mol. The zero-order valence-corrected chi connectivity index (χ0v) is 11.2. The van der Waals surface area contributed by atoms with Gasteiger partial charge >= 0.3 is 0 Å². The first-order valence-corrected chi connectivity index (χ1v) is 6.81. The van der Waals surface area contributed by atoms with Gasteiger partial charge in [0.1, 0.15) is 5.54 Å². The highest BCUT2D eigenvalue weighted by Crippen LogP contribution is 2.32. The average molecular weight is 260 g/mol. The maximum Gasteiger partial charge on any atom is 0.192 e. The molecule has 1 fully saturated rings. The number of aromatic nitrogens is 1. The predicted octanol–water partition coefficient (Wildman–Crippen LogP) is 1.11. The van der Waals surface area contributed by atoms with Crippen molar-refractivity contribution < 1.29 is 4.74 Å². The van der Waals surface area contributed by atoms with Crippen LogP contribution in [-0.4, -0.2) is 41.6 Å². The first kappa shape index (κ1) is 12.4. The highest BCUT2D eigenvalue weighted by molar-refractivity contribution is 5.81. The number of aliphatic imine (C=N–C) groups is 1. The van der Waals surface area contributed by atoms with E-state index in [1.807, 2.05) is 24.4 Å². The van der Waals surface area contributed by atoms with E-state index < -0.39 is 0 Å². The first-order chi connectivity index (χ1) is 9.20. The summed E-state index contributed by atoms with van der Waals surface area (Å²) >= 11 is 0. The first-order valence-electron chi connectivity index (χ1n) is 6.81. The molecule has 19 heavy (non-hydrogen) atoms. The third-order valence-corrected chi connectivity index (χ3v) is 4.05. The predicted molar refractivity (Wildman–Crippen MR) is 73.8 cm³/mol. The van der Waals surface area contributed by atoms with Crippen LogP contribution < -0.4 is 5.73 Å². The Morgan fingerprint density at radius 2 is 2.42 bits per heavy atom. The monoisotopic (exact) mass is 260 g/mol. The number of nitrogens with zero attached hydrogens (tertiary/aromatic N) is 3. The van der Waals surface area contributed by atoms with Gasteiger partial charge in [-0.15, -0.1) is 0 Å². The lowest BCUT2D eigenvalue weighted by atomic mass is 9.95. The second-order valence-electron chi connectivity index (χ2n) is 5.41. The number of hydrogen-bond acceptors (Lipinski definition) is 5. The molecule has 1 aromatic heterocycles. The quantitative estimate of drug-likeness (QED) is 0.884. The fraction of sp³-hybridized carbons (Fsp3) is 0.571. The van der Waals surface area contributed by atoms with Crippen molar-refractivity contribution in [3.63, 3.8) is 0 Å². The Morgan fingerprint density at radius 1 is 1.53 bits per heavy atom. The Bertz CT molecular complexity index is 470. The van der Waals surface area contributed by atoms with Crippen molar-refractivity contribution in [3.05, 3.63) is 30.1 Å². The lowest BCUT2D eigenvalue weighted by Crippen LogP contribution is -2.50. The summed E-state index contributed by atoms with van der Waals surface area (Å²) < 4.78 is 5.72. The second kappa shape index (κ2) is 4.81. The van der Waals surface area contributed by atoms with Gasteiger partial charge in [-0.05, 0) is 31.9 Å². The summed E-state index contributed by atoms with van der Waals surface area (Å²) in [6.07, 6.45) is 4.31. The van der Waals surface area contributed by atoms with Gasteiger partial charge in [0.2, 0.25) is 0 Å². The van der Waals surface area contributed by atoms with Crippen LogP contribution in [0.4, 0.5) is 0 Å². The molecule has 2 unspecified atom stereocenters. The average Bonchev–Trinajstić information content (AvgIpc) is 3.04. The minimum absolute atomic E-state index is 0.253. The summed E-state index contributed by atoms with van der Waals surface area (Å²) in [6.45, 7) is 4.45. The van der Waals surface area contributed by atoms with Crippen LogP contribution in [0.2, 0.25) is 0 Å². The molecule has 1 aromatic rings. The molecule has 0 bridgehead atoms. The molecule has 2 aliphatic heterocycles. The number of hydrogen-bond donors (Lipinski definition) is 1. The van der Waals surface area contributed by atoms with Crippen LogP contribution in [0, 0.1) is 0 Å². The van der Waals surface area contributed by atoms with Crippen molar-refractivity contribution in [3.8, 4) is 0 Å². The Morgan fingerprint density at radius 3 is 3.11 bits per heavy atom. The largest absolute Gasteiger partial charge is 0.376 e. The summed E-state index contributed by atoms with van der Waals surface area (Å²) in [6, 6.07) is 5.97. The van der Waals surface area contributed by atoms with Crippen molar-refractivity contribution in [1.29, 1.82) is 0 Å². The van der Waals surface area contributed by atoms with Crippen LogP contribution in [0.15, 0.2) is 29.4 Å². The third kappa shape index (κ3) is 2.18. The van der Waals surface area contributed by atoms with Gasteiger partial charge in [-0.2, -0.15) is 0 Å². The van der Waals surface area contributed by atoms with E-state index in [4.69, 9.17) is 10.5 Å². The normalized spacial score (nSPS) is 30.7. The van der Waals surface area contributed by atoms with E-state index in [2.05, 4.69) is 21.8 Å². The Balaban J connectivity index is 1.84. The van der Waals surface area contributed by atoms with E-state index >= 15 is 0 Å². The van der Waals surface area contributed by atoms with Crippen LogP contribution in [0.25, 0.3) is 0 Å². The zero-order chi connectivity index (χ0) is 13.3. The number of nitrogens with two attached hydrogens (primary N) is 1. The van der Waals surface area contributed by atoms with E-state index in [1.54, 1.807) is 0 Å². The molecule has 5 nitrogen and oxygen atoms in total. The molecule has 0 aliphatic carbocycles. The Labute approximate surface area is 113 Å². The zero-order valence-electron chi connectivity index (χ0n) is 11.2. The molecule has 102 valence electrons. The van der Waals surface area contributed by atoms with Gasteiger partial charge in [0, 0.05) is 19.3 Å². The van der Waals surface area contributed by atoms with E-state index in [9.17, 15) is 0 Å². The molecule has 5 heteroatoms. The molecule has 1 saturated heterocycles. The van der Waals surface area contributed by atoms with Gasteiger partial charge in [0.25, 0.3) is 0 Å². The van der Waals surface area contributed by atoms with Crippen LogP contribution in [0.3, 0.4) is 0 Å². The number of ether oxygens (including phenoxy) is 1. The van der Waals surface area contributed by atoms with Crippen molar-refractivity contribution >= 4 is 5.96 Å². The molecule has 2 N–H and O–H groups in total. The Kier molecular flexibility index (Phi) is 3.14. The fourth-order valence-electron chi connectivity index (χ4n) is 2.85. The van der Waals surface area contributed by atoms with Gasteiger partial charge in [0.15, 0.2) is 5.96 Å². The topological polar surface area (TPSA) is 63.7 Å². The van der Waals surface area contributed by atoms with Crippen LogP contribution in [-0.2, 0) is 10.3 Å². The van der Waals surface area contributed by atoms with Gasteiger partial charge in [0.05, 0.1) is 18.3 Å². The lowest BCUT2D eigenvalue weighted by molar-refractivity contribution is 0.0681. The Hall–Kier alpha value is -1.62. The van der Waals surface area contributed by atoms with E-state index in [-0.39, 0.29) is 11.6 Å². The van der Waals surface area contributed by atoms with E-state index in [0.29, 0.717) is 12.5 Å². The van der Waals surface area contributed by atoms with Crippen molar-refractivity contribution in [1.82, 2.24) is 9.88 Å². The van der Waals surface area contributed by atoms with Crippen molar-refractivity contribution in [2.45, 2.75) is 31.4 Å². The maximum absolute atomic E-state index is 6.06. The molecule has 2 aliphatic rings. The van der Waals surface area contributed by atoms with Crippen LogP contribution >= 0.6 is 0 Å². The summed E-state index contributed by atoms with van der Waals surface area (Å²) in [5.41, 5.74) is 6.82. The molecule has 0 spiro atoms. The summed E-state index contributed by atoms with van der Waals surface area (Å²) in [5, 5.41) is 0. The van der Waals surface area contributed by atoms with Crippen molar-refractivity contribution in [2.75, 3.05) is 19.7 Å². The molecule has 0 aromatic carbocycles. The lowest BCUT2D eigenvalue weighted by Gasteiger charge is -2.37. The number of rotatable bonds is 3. The molecule has 0 radical (unpaired) electrons. The molecule has 0 saturated carbocycles. The molecule has 3 heterocycles. The van der Waals surface area contributed by atoms with E-state index in [1.165, 1.54) is 0 Å². The smallest absolute Gasteiger partial charge is 0.192 e. The summed E-state index contributed by atoms with van der Waals surface area (Å²) in [7, 11) is 0.